The summed E-state index contributed by atoms with van der Waals surface area (Å²) in [5, 5.41) is 3.21. The molecular formula is C14H9Cl2FN2OS. The topological polar surface area (TPSA) is 55.1 Å². The summed E-state index contributed by atoms with van der Waals surface area (Å²) in [6.07, 6.45) is 0. The lowest BCUT2D eigenvalue weighted by Crippen LogP contribution is -2.18. The largest absolute Gasteiger partial charge is 0.389 e. The predicted molar refractivity (Wildman–Crippen MR) is 86.7 cm³/mol. The van der Waals surface area contributed by atoms with E-state index in [1.165, 1.54) is 24.3 Å². The monoisotopic (exact) mass is 342 g/mol. The van der Waals surface area contributed by atoms with Crippen molar-refractivity contribution in [1.29, 1.82) is 0 Å². The summed E-state index contributed by atoms with van der Waals surface area (Å²) in [5.74, 6) is -0.997. The minimum absolute atomic E-state index is 0.0259. The van der Waals surface area contributed by atoms with Gasteiger partial charge < -0.3 is 11.1 Å². The smallest absolute Gasteiger partial charge is 0.257 e. The first kappa shape index (κ1) is 15.7. The summed E-state index contributed by atoms with van der Waals surface area (Å²) in [6.45, 7) is 0. The average molecular weight is 343 g/mol. The molecule has 3 nitrogen and oxygen atoms in total. The number of amides is 1. The SMILES string of the molecule is NC(=S)c1cc(F)ccc1NC(=O)c1cc(Cl)ccc1Cl. The van der Waals surface area contributed by atoms with Gasteiger partial charge in [0.05, 0.1) is 16.3 Å². The van der Waals surface area contributed by atoms with Crippen LogP contribution in [-0.4, -0.2) is 10.9 Å². The van der Waals surface area contributed by atoms with E-state index in [-0.39, 0.29) is 21.1 Å². The molecule has 0 bridgehead atoms. The Morgan fingerprint density at radius 1 is 1.14 bits per heavy atom. The quantitative estimate of drug-likeness (QED) is 0.828. The van der Waals surface area contributed by atoms with Gasteiger partial charge in [-0.3, -0.25) is 4.79 Å². The van der Waals surface area contributed by atoms with Crippen LogP contribution in [-0.2, 0) is 0 Å². The number of nitrogens with one attached hydrogen (secondary N) is 1. The Labute approximate surface area is 135 Å². The molecule has 0 fully saturated rings. The summed E-state index contributed by atoms with van der Waals surface area (Å²) in [6, 6.07) is 8.23. The molecule has 0 saturated heterocycles. The predicted octanol–water partition coefficient (Wildman–Crippen LogP) is 4.02. The number of nitrogens with two attached hydrogens (primary N) is 1. The van der Waals surface area contributed by atoms with Crippen LogP contribution < -0.4 is 11.1 Å². The molecule has 0 spiro atoms. The van der Waals surface area contributed by atoms with E-state index in [1.54, 1.807) is 6.07 Å². The summed E-state index contributed by atoms with van der Waals surface area (Å²) in [7, 11) is 0. The van der Waals surface area contributed by atoms with E-state index in [9.17, 15) is 9.18 Å². The number of hydrogen-bond acceptors (Lipinski definition) is 2. The maximum absolute atomic E-state index is 13.2. The Morgan fingerprint density at radius 2 is 1.86 bits per heavy atom. The molecule has 0 atom stereocenters. The van der Waals surface area contributed by atoms with Crippen LogP contribution in [0.1, 0.15) is 15.9 Å². The fraction of sp³-hybridized carbons (Fsp3) is 0. The lowest BCUT2D eigenvalue weighted by atomic mass is 10.1. The number of benzene rings is 2. The zero-order valence-electron chi connectivity index (χ0n) is 10.5. The molecular weight excluding hydrogens is 334 g/mol. The Hall–Kier alpha value is -1.69. The van der Waals surface area contributed by atoms with Gasteiger partial charge in [0.15, 0.2) is 0 Å². The normalized spacial score (nSPS) is 10.2. The molecule has 0 aromatic heterocycles. The second-order valence-electron chi connectivity index (χ2n) is 4.13. The number of thiocarbonyl (C=S) groups is 1. The van der Waals surface area contributed by atoms with Crippen molar-refractivity contribution in [3.8, 4) is 0 Å². The van der Waals surface area contributed by atoms with Crippen LogP contribution in [0.4, 0.5) is 10.1 Å². The number of carbonyl (C=O) groups is 1. The minimum atomic E-state index is -0.503. The molecule has 0 saturated carbocycles. The number of halogens is 3. The molecule has 3 N–H and O–H groups in total. The highest BCUT2D eigenvalue weighted by Crippen LogP contribution is 2.23. The number of rotatable bonds is 3. The van der Waals surface area contributed by atoms with E-state index in [2.05, 4.69) is 5.32 Å². The average Bonchev–Trinajstić information content (AvgIpc) is 2.43. The second kappa shape index (κ2) is 6.39. The molecule has 2 aromatic rings. The molecule has 21 heavy (non-hydrogen) atoms. The molecule has 0 unspecified atom stereocenters. The van der Waals surface area contributed by atoms with Crippen LogP contribution in [0.3, 0.4) is 0 Å². The van der Waals surface area contributed by atoms with Crippen LogP contribution in [0.25, 0.3) is 0 Å². The zero-order valence-corrected chi connectivity index (χ0v) is 12.8. The van der Waals surface area contributed by atoms with Gasteiger partial charge in [0, 0.05) is 10.6 Å². The zero-order chi connectivity index (χ0) is 15.6. The van der Waals surface area contributed by atoms with Crippen molar-refractivity contribution in [1.82, 2.24) is 0 Å². The molecule has 0 aliphatic rings. The molecule has 0 radical (unpaired) electrons. The van der Waals surface area contributed by atoms with E-state index in [0.29, 0.717) is 10.7 Å². The number of carbonyl (C=O) groups excluding carboxylic acids is 1. The van der Waals surface area contributed by atoms with E-state index in [0.717, 1.165) is 6.07 Å². The molecule has 7 heteroatoms. The van der Waals surface area contributed by atoms with Gasteiger partial charge in [-0.25, -0.2) is 4.39 Å². The summed E-state index contributed by atoms with van der Waals surface area (Å²) < 4.78 is 13.2. The summed E-state index contributed by atoms with van der Waals surface area (Å²) in [5.41, 5.74) is 6.24. The van der Waals surface area contributed by atoms with Gasteiger partial charge in [-0.1, -0.05) is 35.4 Å². The van der Waals surface area contributed by atoms with Crippen molar-refractivity contribution in [2.75, 3.05) is 5.32 Å². The standard InChI is InChI=1S/C14H9Cl2FN2OS/c15-7-1-3-11(16)9(5-7)14(20)19-12-4-2-8(17)6-10(12)13(18)21/h1-6H,(H2,18,21)(H,19,20). The highest BCUT2D eigenvalue weighted by molar-refractivity contribution is 7.80. The Bertz CT molecular complexity index is 737. The second-order valence-corrected chi connectivity index (χ2v) is 5.42. The van der Waals surface area contributed by atoms with Gasteiger partial charge in [-0.05, 0) is 36.4 Å². The Kier molecular flexibility index (Phi) is 4.77. The van der Waals surface area contributed by atoms with Crippen molar-refractivity contribution in [3.05, 3.63) is 63.4 Å². The molecule has 0 aliphatic heterocycles. The van der Waals surface area contributed by atoms with Gasteiger partial charge in [-0.15, -0.1) is 0 Å². The fourth-order valence-electron chi connectivity index (χ4n) is 1.69. The highest BCUT2D eigenvalue weighted by atomic mass is 35.5. The van der Waals surface area contributed by atoms with Gasteiger partial charge in [-0.2, -0.15) is 0 Å². The first-order valence-electron chi connectivity index (χ1n) is 5.74. The lowest BCUT2D eigenvalue weighted by Gasteiger charge is -2.11. The molecule has 0 aliphatic carbocycles. The highest BCUT2D eigenvalue weighted by Gasteiger charge is 2.14. The van der Waals surface area contributed by atoms with Crippen LogP contribution in [0.2, 0.25) is 10.0 Å². The van der Waals surface area contributed by atoms with Crippen LogP contribution in [0.5, 0.6) is 0 Å². The third-order valence-corrected chi connectivity index (χ3v) is 3.45. The minimum Gasteiger partial charge on any atom is -0.389 e. The van der Waals surface area contributed by atoms with Crippen molar-refractivity contribution in [2.45, 2.75) is 0 Å². The summed E-state index contributed by atoms with van der Waals surface area (Å²) in [4.78, 5) is 12.2. The first-order chi connectivity index (χ1) is 9.88. The maximum atomic E-state index is 13.2. The summed E-state index contributed by atoms with van der Waals surface area (Å²) >= 11 is 16.6. The fourth-order valence-corrected chi connectivity index (χ4v) is 2.23. The van der Waals surface area contributed by atoms with Crippen LogP contribution >= 0.6 is 35.4 Å². The van der Waals surface area contributed by atoms with Crippen molar-refractivity contribution >= 4 is 52.0 Å². The lowest BCUT2D eigenvalue weighted by molar-refractivity contribution is 0.102. The Morgan fingerprint density at radius 3 is 2.52 bits per heavy atom. The Balaban J connectivity index is 2.36. The number of anilines is 1. The third kappa shape index (κ3) is 3.69. The van der Waals surface area contributed by atoms with Crippen molar-refractivity contribution < 1.29 is 9.18 Å². The van der Waals surface area contributed by atoms with Crippen LogP contribution in [0, 0.1) is 5.82 Å². The van der Waals surface area contributed by atoms with E-state index in [4.69, 9.17) is 41.2 Å². The molecule has 108 valence electrons. The first-order valence-corrected chi connectivity index (χ1v) is 6.90. The van der Waals surface area contributed by atoms with E-state index in [1.807, 2.05) is 0 Å². The van der Waals surface area contributed by atoms with E-state index < -0.39 is 11.7 Å². The van der Waals surface area contributed by atoms with Gasteiger partial charge in [0.25, 0.3) is 5.91 Å². The van der Waals surface area contributed by atoms with Crippen molar-refractivity contribution in [2.24, 2.45) is 5.73 Å². The van der Waals surface area contributed by atoms with Crippen molar-refractivity contribution in [3.63, 3.8) is 0 Å². The number of hydrogen-bond donors (Lipinski definition) is 2. The van der Waals surface area contributed by atoms with Gasteiger partial charge >= 0.3 is 0 Å². The maximum Gasteiger partial charge on any atom is 0.257 e. The third-order valence-electron chi connectivity index (χ3n) is 2.67. The van der Waals surface area contributed by atoms with Crippen LogP contribution in [0.15, 0.2) is 36.4 Å². The van der Waals surface area contributed by atoms with E-state index >= 15 is 0 Å². The van der Waals surface area contributed by atoms with Gasteiger partial charge in [0.1, 0.15) is 10.8 Å². The van der Waals surface area contributed by atoms with Gasteiger partial charge in [0.2, 0.25) is 0 Å². The molecule has 2 aromatic carbocycles. The molecule has 2 rings (SSSR count). The molecule has 1 amide bonds. The molecule has 0 heterocycles.